The molecule has 1 aromatic carbocycles. The fourth-order valence-electron chi connectivity index (χ4n) is 5.38. The average molecular weight is 330 g/mol. The van der Waals surface area contributed by atoms with Crippen LogP contribution in [0.15, 0.2) is 24.3 Å². The second-order valence-electron chi connectivity index (χ2n) is 7.82. The summed E-state index contributed by atoms with van der Waals surface area (Å²) in [7, 11) is 0. The summed E-state index contributed by atoms with van der Waals surface area (Å²) >= 11 is 0. The maximum Gasteiger partial charge on any atom is 0.223 e. The van der Waals surface area contributed by atoms with Gasteiger partial charge in [-0.05, 0) is 68.6 Å². The molecule has 0 aromatic heterocycles. The number of rotatable bonds is 3. The van der Waals surface area contributed by atoms with Crippen molar-refractivity contribution in [2.45, 2.75) is 69.5 Å². The number of benzene rings is 1. The molecular formula is C20H27FN2O. The molecule has 2 saturated heterocycles. The van der Waals surface area contributed by atoms with E-state index < -0.39 is 0 Å². The van der Waals surface area contributed by atoms with Gasteiger partial charge < -0.3 is 10.2 Å². The zero-order chi connectivity index (χ0) is 16.6. The minimum Gasteiger partial charge on any atom is -0.337 e. The van der Waals surface area contributed by atoms with Crippen LogP contribution >= 0.6 is 0 Å². The lowest BCUT2D eigenvalue weighted by atomic mass is 9.68. The van der Waals surface area contributed by atoms with E-state index in [1.54, 1.807) is 12.1 Å². The van der Waals surface area contributed by atoms with Crippen molar-refractivity contribution in [3.63, 3.8) is 0 Å². The number of amides is 1. The Morgan fingerprint density at radius 3 is 3.04 bits per heavy atom. The Bertz CT molecular complexity index is 619. The SMILES string of the molecule is O=C1CCC[C@H]2C[C@H](NCc3cccc(F)c3)CC[C@]23CCCN13. The third kappa shape index (κ3) is 2.85. The summed E-state index contributed by atoms with van der Waals surface area (Å²) in [6.07, 6.45) is 8.72. The molecule has 24 heavy (non-hydrogen) atoms. The minimum absolute atomic E-state index is 0.157. The van der Waals surface area contributed by atoms with E-state index in [1.165, 1.54) is 25.3 Å². The number of carbonyl (C=O) groups excluding carboxylic acids is 1. The summed E-state index contributed by atoms with van der Waals surface area (Å²) in [5.41, 5.74) is 1.17. The lowest BCUT2D eigenvalue weighted by Gasteiger charge is -2.48. The van der Waals surface area contributed by atoms with E-state index >= 15 is 0 Å². The van der Waals surface area contributed by atoms with Crippen molar-refractivity contribution in [2.24, 2.45) is 5.92 Å². The van der Waals surface area contributed by atoms with Crippen LogP contribution in [0.5, 0.6) is 0 Å². The first-order chi connectivity index (χ1) is 11.7. The summed E-state index contributed by atoms with van der Waals surface area (Å²) in [6, 6.07) is 7.34. The molecule has 0 unspecified atom stereocenters. The summed E-state index contributed by atoms with van der Waals surface area (Å²) in [6.45, 7) is 1.70. The summed E-state index contributed by atoms with van der Waals surface area (Å²) in [5, 5.41) is 3.64. The van der Waals surface area contributed by atoms with Crippen molar-refractivity contribution in [2.75, 3.05) is 6.54 Å². The lowest BCUT2D eigenvalue weighted by molar-refractivity contribution is -0.137. The second-order valence-corrected chi connectivity index (χ2v) is 7.82. The van der Waals surface area contributed by atoms with E-state index in [-0.39, 0.29) is 11.4 Å². The molecule has 4 rings (SSSR count). The fourth-order valence-corrected chi connectivity index (χ4v) is 5.38. The minimum atomic E-state index is -0.166. The molecule has 0 radical (unpaired) electrons. The van der Waals surface area contributed by atoms with E-state index in [9.17, 15) is 9.18 Å². The van der Waals surface area contributed by atoms with Gasteiger partial charge in [-0.15, -0.1) is 0 Å². The van der Waals surface area contributed by atoms with Gasteiger partial charge in [0, 0.05) is 31.1 Å². The molecule has 3 nitrogen and oxygen atoms in total. The first kappa shape index (κ1) is 16.1. The normalized spacial score (nSPS) is 33.0. The topological polar surface area (TPSA) is 32.3 Å². The maximum atomic E-state index is 13.3. The van der Waals surface area contributed by atoms with Gasteiger partial charge in [-0.2, -0.15) is 0 Å². The highest BCUT2D eigenvalue weighted by molar-refractivity contribution is 5.78. The van der Waals surface area contributed by atoms with Gasteiger partial charge in [-0.1, -0.05) is 12.1 Å². The van der Waals surface area contributed by atoms with Crippen molar-refractivity contribution in [3.8, 4) is 0 Å². The van der Waals surface area contributed by atoms with E-state index in [1.807, 2.05) is 6.07 Å². The number of hydrogen-bond donors (Lipinski definition) is 1. The van der Waals surface area contributed by atoms with Crippen molar-refractivity contribution < 1.29 is 9.18 Å². The Labute approximate surface area is 143 Å². The Balaban J connectivity index is 1.42. The van der Waals surface area contributed by atoms with Crippen LogP contribution in [-0.4, -0.2) is 28.9 Å². The van der Waals surface area contributed by atoms with Crippen LogP contribution in [-0.2, 0) is 11.3 Å². The molecule has 1 amide bonds. The lowest BCUT2D eigenvalue weighted by Crippen LogP contribution is -2.55. The number of nitrogens with zero attached hydrogens (tertiary/aromatic N) is 1. The van der Waals surface area contributed by atoms with Gasteiger partial charge in [0.1, 0.15) is 5.82 Å². The van der Waals surface area contributed by atoms with Gasteiger partial charge >= 0.3 is 0 Å². The van der Waals surface area contributed by atoms with Gasteiger partial charge in [-0.3, -0.25) is 4.79 Å². The molecule has 2 heterocycles. The Morgan fingerprint density at radius 1 is 1.25 bits per heavy atom. The van der Waals surface area contributed by atoms with E-state index in [0.717, 1.165) is 50.8 Å². The standard InChI is InChI=1S/C20H27FN2O/c21-17-6-1-4-15(12-17)14-22-18-8-10-20-9-3-11-23(20)19(24)7-2-5-16(20)13-18/h1,4,6,12,16,18,22H,2-3,5,7-11,13-14H2/t16-,18+,20+/m0/s1. The fraction of sp³-hybridized carbons (Fsp3) is 0.650. The molecule has 1 saturated carbocycles. The second kappa shape index (κ2) is 6.47. The van der Waals surface area contributed by atoms with E-state index in [4.69, 9.17) is 0 Å². The van der Waals surface area contributed by atoms with E-state index in [2.05, 4.69) is 10.2 Å². The smallest absolute Gasteiger partial charge is 0.223 e. The van der Waals surface area contributed by atoms with Crippen LogP contribution in [0, 0.1) is 11.7 Å². The highest BCUT2D eigenvalue weighted by atomic mass is 19.1. The first-order valence-corrected chi connectivity index (χ1v) is 9.46. The third-order valence-electron chi connectivity index (χ3n) is 6.51. The average Bonchev–Trinajstić information content (AvgIpc) is 2.94. The summed E-state index contributed by atoms with van der Waals surface area (Å²) in [5.74, 6) is 0.854. The van der Waals surface area contributed by atoms with Gasteiger partial charge in [-0.25, -0.2) is 4.39 Å². The van der Waals surface area contributed by atoms with Crippen molar-refractivity contribution in [1.82, 2.24) is 10.2 Å². The van der Waals surface area contributed by atoms with E-state index in [0.29, 0.717) is 17.9 Å². The predicted molar refractivity (Wildman–Crippen MR) is 91.9 cm³/mol. The largest absolute Gasteiger partial charge is 0.337 e. The predicted octanol–water partition coefficient (Wildman–Crippen LogP) is 3.63. The van der Waals surface area contributed by atoms with Gasteiger partial charge in [0.15, 0.2) is 0 Å². The molecule has 0 bridgehead atoms. The van der Waals surface area contributed by atoms with Crippen molar-refractivity contribution >= 4 is 5.91 Å². The molecule has 1 N–H and O–H groups in total. The van der Waals surface area contributed by atoms with Crippen molar-refractivity contribution in [3.05, 3.63) is 35.6 Å². The molecular weight excluding hydrogens is 303 g/mol. The highest BCUT2D eigenvalue weighted by Gasteiger charge is 2.52. The third-order valence-corrected chi connectivity index (χ3v) is 6.51. The Morgan fingerprint density at radius 2 is 2.17 bits per heavy atom. The molecule has 3 aliphatic rings. The van der Waals surface area contributed by atoms with Crippen molar-refractivity contribution in [1.29, 1.82) is 0 Å². The van der Waals surface area contributed by atoms with Crippen LogP contribution in [0.25, 0.3) is 0 Å². The van der Waals surface area contributed by atoms with Gasteiger partial charge in [0.05, 0.1) is 0 Å². The van der Waals surface area contributed by atoms with Crippen LogP contribution in [0.1, 0.15) is 56.9 Å². The molecule has 4 heteroatoms. The first-order valence-electron chi connectivity index (χ1n) is 9.46. The quantitative estimate of drug-likeness (QED) is 0.918. The van der Waals surface area contributed by atoms with Crippen LogP contribution in [0.4, 0.5) is 4.39 Å². The van der Waals surface area contributed by atoms with Gasteiger partial charge in [0.2, 0.25) is 5.91 Å². The molecule has 1 aromatic rings. The number of nitrogens with one attached hydrogen (secondary N) is 1. The maximum absolute atomic E-state index is 13.3. The van der Waals surface area contributed by atoms with Crippen LogP contribution in [0.3, 0.4) is 0 Å². The zero-order valence-corrected chi connectivity index (χ0v) is 14.3. The molecule has 3 fully saturated rings. The number of halogens is 1. The highest BCUT2D eigenvalue weighted by Crippen LogP contribution is 2.49. The van der Waals surface area contributed by atoms with Crippen LogP contribution < -0.4 is 5.32 Å². The van der Waals surface area contributed by atoms with Crippen LogP contribution in [0.2, 0.25) is 0 Å². The summed E-state index contributed by atoms with van der Waals surface area (Å²) < 4.78 is 13.3. The monoisotopic (exact) mass is 330 g/mol. The summed E-state index contributed by atoms with van der Waals surface area (Å²) in [4.78, 5) is 14.7. The number of carbonyl (C=O) groups is 1. The molecule has 3 atom stereocenters. The molecule has 1 aliphatic carbocycles. The molecule has 2 aliphatic heterocycles. The van der Waals surface area contributed by atoms with Gasteiger partial charge in [0.25, 0.3) is 0 Å². The Hall–Kier alpha value is -1.42. The zero-order valence-electron chi connectivity index (χ0n) is 14.3. The molecule has 130 valence electrons. The number of hydrogen-bond acceptors (Lipinski definition) is 2. The molecule has 1 spiro atoms. The Kier molecular flexibility index (Phi) is 4.33.